The Kier molecular flexibility index (Phi) is 5.64. The molecule has 0 bridgehead atoms. The van der Waals surface area contributed by atoms with Crippen LogP contribution in [0.15, 0.2) is 22.7 Å². The number of rotatable bonds is 4. The van der Waals surface area contributed by atoms with E-state index in [1.807, 2.05) is 0 Å². The van der Waals surface area contributed by atoms with Crippen molar-refractivity contribution in [3.63, 3.8) is 0 Å². The predicted molar refractivity (Wildman–Crippen MR) is 81.8 cm³/mol. The summed E-state index contributed by atoms with van der Waals surface area (Å²) in [7, 11) is 0. The average Bonchev–Trinajstić information content (AvgIpc) is 2.69. The molecule has 1 aromatic carbocycles. The second-order valence-electron chi connectivity index (χ2n) is 5.37. The van der Waals surface area contributed by atoms with Crippen LogP contribution < -0.4 is 11.1 Å². The van der Waals surface area contributed by atoms with Crippen molar-refractivity contribution < 1.29 is 4.39 Å². The minimum absolute atomic E-state index is 0.232. The normalized spacial score (nSPS) is 18.9. The van der Waals surface area contributed by atoms with Crippen LogP contribution in [-0.2, 0) is 0 Å². The van der Waals surface area contributed by atoms with Gasteiger partial charge in [0, 0.05) is 18.3 Å². The van der Waals surface area contributed by atoms with Gasteiger partial charge in [-0.1, -0.05) is 25.7 Å². The first-order valence-electron chi connectivity index (χ1n) is 7.12. The van der Waals surface area contributed by atoms with Crippen molar-refractivity contribution >= 4 is 21.6 Å². The Labute approximate surface area is 123 Å². The van der Waals surface area contributed by atoms with Crippen molar-refractivity contribution in [1.29, 1.82) is 0 Å². The molecule has 0 spiro atoms. The third kappa shape index (κ3) is 4.18. The minimum atomic E-state index is -0.232. The van der Waals surface area contributed by atoms with Crippen molar-refractivity contribution in [2.75, 3.05) is 11.9 Å². The van der Waals surface area contributed by atoms with E-state index in [1.54, 1.807) is 12.1 Å². The van der Waals surface area contributed by atoms with Crippen LogP contribution in [0.5, 0.6) is 0 Å². The van der Waals surface area contributed by atoms with Gasteiger partial charge in [-0.05, 0) is 52.9 Å². The molecular weight excluding hydrogens is 307 g/mol. The van der Waals surface area contributed by atoms with E-state index in [0.29, 0.717) is 16.9 Å². The van der Waals surface area contributed by atoms with Gasteiger partial charge in [0.1, 0.15) is 5.82 Å². The first kappa shape index (κ1) is 14.8. The summed E-state index contributed by atoms with van der Waals surface area (Å²) in [4.78, 5) is 0. The van der Waals surface area contributed by atoms with Crippen molar-refractivity contribution in [1.82, 2.24) is 0 Å². The summed E-state index contributed by atoms with van der Waals surface area (Å²) in [5.41, 5.74) is 6.86. The summed E-state index contributed by atoms with van der Waals surface area (Å²) < 4.78 is 13.7. The maximum absolute atomic E-state index is 13.2. The molecule has 0 saturated heterocycles. The van der Waals surface area contributed by atoms with E-state index >= 15 is 0 Å². The highest BCUT2D eigenvalue weighted by atomic mass is 79.9. The highest BCUT2D eigenvalue weighted by Gasteiger charge is 2.21. The molecule has 2 nitrogen and oxygen atoms in total. The lowest BCUT2D eigenvalue weighted by molar-refractivity contribution is 0.398. The summed E-state index contributed by atoms with van der Waals surface area (Å²) in [5.74, 6) is 0.403. The van der Waals surface area contributed by atoms with E-state index in [2.05, 4.69) is 21.2 Å². The first-order valence-corrected chi connectivity index (χ1v) is 7.91. The molecule has 4 heteroatoms. The molecule has 1 aromatic rings. The lowest BCUT2D eigenvalue weighted by Crippen LogP contribution is -2.36. The van der Waals surface area contributed by atoms with Crippen LogP contribution in [0.3, 0.4) is 0 Å². The number of halogens is 2. The molecule has 1 aliphatic carbocycles. The summed E-state index contributed by atoms with van der Waals surface area (Å²) >= 11 is 3.22. The van der Waals surface area contributed by atoms with Crippen molar-refractivity contribution in [3.8, 4) is 0 Å². The molecular formula is C15H22BrFN2. The van der Waals surface area contributed by atoms with Gasteiger partial charge >= 0.3 is 0 Å². The zero-order chi connectivity index (χ0) is 13.7. The van der Waals surface area contributed by atoms with Gasteiger partial charge in [0.15, 0.2) is 0 Å². The van der Waals surface area contributed by atoms with Crippen LogP contribution >= 0.6 is 15.9 Å². The molecule has 106 valence electrons. The van der Waals surface area contributed by atoms with Crippen molar-refractivity contribution in [2.24, 2.45) is 11.7 Å². The maximum Gasteiger partial charge on any atom is 0.137 e. The largest absolute Gasteiger partial charge is 0.381 e. The highest BCUT2D eigenvalue weighted by Crippen LogP contribution is 2.28. The molecule has 3 N–H and O–H groups in total. The van der Waals surface area contributed by atoms with Gasteiger partial charge in [0.2, 0.25) is 0 Å². The predicted octanol–water partition coefficient (Wildman–Crippen LogP) is 4.30. The number of nitrogens with two attached hydrogens (primary N) is 1. The molecule has 1 unspecified atom stereocenters. The Morgan fingerprint density at radius 3 is 2.53 bits per heavy atom. The Balaban J connectivity index is 2.02. The lowest BCUT2D eigenvalue weighted by atomic mass is 9.91. The third-order valence-electron chi connectivity index (χ3n) is 3.99. The van der Waals surface area contributed by atoms with E-state index in [0.717, 1.165) is 5.69 Å². The van der Waals surface area contributed by atoms with Gasteiger partial charge in [0.25, 0.3) is 0 Å². The van der Waals surface area contributed by atoms with E-state index in [1.165, 1.54) is 44.6 Å². The van der Waals surface area contributed by atoms with Crippen molar-refractivity contribution in [2.45, 2.75) is 44.6 Å². The SMILES string of the molecule is NCC(Nc1ccc(F)c(Br)c1)C1CCCCCC1. The van der Waals surface area contributed by atoms with Gasteiger partial charge in [0.05, 0.1) is 4.47 Å². The molecule has 1 aliphatic rings. The van der Waals surface area contributed by atoms with Gasteiger partial charge < -0.3 is 11.1 Å². The van der Waals surface area contributed by atoms with Crippen LogP contribution in [0.4, 0.5) is 10.1 Å². The van der Waals surface area contributed by atoms with Crippen LogP contribution in [0.2, 0.25) is 0 Å². The van der Waals surface area contributed by atoms with Crippen LogP contribution in [0.1, 0.15) is 38.5 Å². The quantitative estimate of drug-likeness (QED) is 0.809. The Morgan fingerprint density at radius 1 is 1.26 bits per heavy atom. The van der Waals surface area contributed by atoms with Gasteiger partial charge in [-0.2, -0.15) is 0 Å². The van der Waals surface area contributed by atoms with Crippen molar-refractivity contribution in [3.05, 3.63) is 28.5 Å². The average molecular weight is 329 g/mol. The number of nitrogens with one attached hydrogen (secondary N) is 1. The fourth-order valence-electron chi connectivity index (χ4n) is 2.88. The number of anilines is 1. The molecule has 1 saturated carbocycles. The van der Waals surface area contributed by atoms with E-state index in [4.69, 9.17) is 5.73 Å². The Bertz CT molecular complexity index is 403. The second kappa shape index (κ2) is 7.25. The van der Waals surface area contributed by atoms with Gasteiger partial charge in [-0.15, -0.1) is 0 Å². The molecule has 1 fully saturated rings. The Hall–Kier alpha value is -0.610. The van der Waals surface area contributed by atoms with Gasteiger partial charge in [-0.25, -0.2) is 4.39 Å². The summed E-state index contributed by atoms with van der Waals surface area (Å²) in [6.07, 6.45) is 7.78. The molecule has 1 atom stereocenters. The summed E-state index contributed by atoms with van der Waals surface area (Å²) in [6.45, 7) is 0.625. The fourth-order valence-corrected chi connectivity index (χ4v) is 3.26. The minimum Gasteiger partial charge on any atom is -0.381 e. The molecule has 0 radical (unpaired) electrons. The Morgan fingerprint density at radius 2 is 1.95 bits per heavy atom. The standard InChI is InChI=1S/C15H22BrFN2/c16-13-9-12(7-8-14(13)17)19-15(10-18)11-5-3-1-2-4-6-11/h7-9,11,15,19H,1-6,10,18H2. The van der Waals surface area contributed by atoms with Crippen LogP contribution in [0, 0.1) is 11.7 Å². The van der Waals surface area contributed by atoms with E-state index in [9.17, 15) is 4.39 Å². The molecule has 2 rings (SSSR count). The molecule has 19 heavy (non-hydrogen) atoms. The third-order valence-corrected chi connectivity index (χ3v) is 4.60. The monoisotopic (exact) mass is 328 g/mol. The fraction of sp³-hybridized carbons (Fsp3) is 0.600. The van der Waals surface area contributed by atoms with Crippen LogP contribution in [-0.4, -0.2) is 12.6 Å². The topological polar surface area (TPSA) is 38.0 Å². The lowest BCUT2D eigenvalue weighted by Gasteiger charge is -2.27. The highest BCUT2D eigenvalue weighted by molar-refractivity contribution is 9.10. The number of hydrogen-bond acceptors (Lipinski definition) is 2. The maximum atomic E-state index is 13.2. The number of hydrogen-bond donors (Lipinski definition) is 2. The summed E-state index contributed by atoms with van der Waals surface area (Å²) in [6, 6.07) is 5.33. The smallest absolute Gasteiger partial charge is 0.137 e. The molecule has 0 amide bonds. The van der Waals surface area contributed by atoms with E-state index in [-0.39, 0.29) is 11.9 Å². The molecule has 0 heterocycles. The summed E-state index contributed by atoms with van der Waals surface area (Å²) in [5, 5.41) is 3.47. The molecule has 0 aliphatic heterocycles. The molecule has 0 aromatic heterocycles. The zero-order valence-electron chi connectivity index (χ0n) is 11.2. The first-order chi connectivity index (χ1) is 9.20. The number of benzene rings is 1. The van der Waals surface area contributed by atoms with Crippen LogP contribution in [0.25, 0.3) is 0 Å². The zero-order valence-corrected chi connectivity index (χ0v) is 12.8. The van der Waals surface area contributed by atoms with Gasteiger partial charge in [-0.3, -0.25) is 0 Å². The second-order valence-corrected chi connectivity index (χ2v) is 6.22. The van der Waals surface area contributed by atoms with E-state index < -0.39 is 0 Å².